The lowest BCUT2D eigenvalue weighted by Crippen LogP contribution is -2.47. The topological polar surface area (TPSA) is 76.7 Å². The van der Waals surface area contributed by atoms with Crippen LogP contribution in [-0.2, 0) is 14.3 Å². The molecule has 1 aliphatic carbocycles. The molecule has 1 amide bonds. The minimum absolute atomic E-state index is 0. The fourth-order valence-electron chi connectivity index (χ4n) is 3.27. The number of rotatable bonds is 2. The van der Waals surface area contributed by atoms with Crippen molar-refractivity contribution in [1.82, 2.24) is 10.6 Å². The van der Waals surface area contributed by atoms with E-state index in [-0.39, 0.29) is 42.2 Å². The smallest absolute Gasteiger partial charge is 0.407 e. The van der Waals surface area contributed by atoms with Crippen molar-refractivity contribution in [2.24, 2.45) is 17.8 Å². The van der Waals surface area contributed by atoms with Crippen molar-refractivity contribution in [2.75, 3.05) is 20.2 Å². The van der Waals surface area contributed by atoms with E-state index in [1.54, 1.807) is 0 Å². The van der Waals surface area contributed by atoms with Gasteiger partial charge in [0.25, 0.3) is 0 Å². The maximum Gasteiger partial charge on any atom is 0.407 e. The van der Waals surface area contributed by atoms with Gasteiger partial charge in [-0.25, -0.2) is 4.79 Å². The molecular formula is C14H25ClN2O4. The van der Waals surface area contributed by atoms with E-state index in [2.05, 4.69) is 10.6 Å². The molecule has 2 aliphatic rings. The summed E-state index contributed by atoms with van der Waals surface area (Å²) in [6.45, 7) is 7.06. The normalized spacial score (nSPS) is 31.0. The first-order valence-electron chi connectivity index (χ1n) is 7.10. The van der Waals surface area contributed by atoms with Crippen LogP contribution in [0.4, 0.5) is 4.79 Å². The Morgan fingerprint density at radius 2 is 1.81 bits per heavy atom. The van der Waals surface area contributed by atoms with Crippen molar-refractivity contribution in [3.8, 4) is 0 Å². The molecule has 1 saturated heterocycles. The van der Waals surface area contributed by atoms with Crippen LogP contribution in [0.2, 0.25) is 0 Å². The van der Waals surface area contributed by atoms with E-state index in [9.17, 15) is 9.59 Å². The van der Waals surface area contributed by atoms with Gasteiger partial charge in [0.2, 0.25) is 0 Å². The van der Waals surface area contributed by atoms with Gasteiger partial charge >= 0.3 is 12.1 Å². The van der Waals surface area contributed by atoms with Gasteiger partial charge in [-0.1, -0.05) is 0 Å². The molecule has 7 heteroatoms. The average Bonchev–Trinajstić information content (AvgIpc) is 2.57. The Morgan fingerprint density at radius 1 is 1.19 bits per heavy atom. The maximum atomic E-state index is 12.0. The Labute approximate surface area is 131 Å². The van der Waals surface area contributed by atoms with Gasteiger partial charge in [0.1, 0.15) is 5.60 Å². The molecule has 2 rings (SSSR count). The van der Waals surface area contributed by atoms with Crippen molar-refractivity contribution in [1.29, 1.82) is 0 Å². The number of carbonyl (C=O) groups excluding carboxylic acids is 2. The van der Waals surface area contributed by atoms with Gasteiger partial charge < -0.3 is 20.1 Å². The molecule has 1 saturated carbocycles. The van der Waals surface area contributed by atoms with Crippen molar-refractivity contribution < 1.29 is 19.1 Å². The number of halogens is 1. The van der Waals surface area contributed by atoms with Gasteiger partial charge in [0.15, 0.2) is 0 Å². The minimum Gasteiger partial charge on any atom is -0.469 e. The van der Waals surface area contributed by atoms with Crippen molar-refractivity contribution in [3.05, 3.63) is 0 Å². The summed E-state index contributed by atoms with van der Waals surface area (Å²) in [5.74, 6) is -0.0544. The molecule has 0 aromatic heterocycles. The molecule has 2 bridgehead atoms. The average molecular weight is 321 g/mol. The molecule has 6 nitrogen and oxygen atoms in total. The Morgan fingerprint density at radius 3 is 2.38 bits per heavy atom. The quantitative estimate of drug-likeness (QED) is 0.751. The molecule has 0 radical (unpaired) electrons. The molecule has 0 spiro atoms. The predicted molar refractivity (Wildman–Crippen MR) is 80.4 cm³/mol. The Kier molecular flexibility index (Phi) is 5.87. The van der Waals surface area contributed by atoms with Crippen LogP contribution in [-0.4, -0.2) is 43.9 Å². The van der Waals surface area contributed by atoms with Crippen LogP contribution in [0, 0.1) is 17.8 Å². The fourth-order valence-corrected chi connectivity index (χ4v) is 3.27. The third-order valence-corrected chi connectivity index (χ3v) is 3.98. The van der Waals surface area contributed by atoms with Crippen LogP contribution in [0.15, 0.2) is 0 Å². The summed E-state index contributed by atoms with van der Waals surface area (Å²) in [7, 11) is 1.39. The summed E-state index contributed by atoms with van der Waals surface area (Å²) in [6.07, 6.45) is 0.469. The van der Waals surface area contributed by atoms with E-state index in [0.717, 1.165) is 19.5 Å². The lowest BCUT2D eigenvalue weighted by molar-refractivity contribution is -0.147. The van der Waals surface area contributed by atoms with E-state index in [1.165, 1.54) is 7.11 Å². The highest BCUT2D eigenvalue weighted by Gasteiger charge is 2.50. The van der Waals surface area contributed by atoms with E-state index in [1.807, 2.05) is 20.8 Å². The third-order valence-electron chi connectivity index (χ3n) is 3.98. The van der Waals surface area contributed by atoms with Crippen LogP contribution in [0.3, 0.4) is 0 Å². The summed E-state index contributed by atoms with van der Waals surface area (Å²) in [5.41, 5.74) is -0.545. The second-order valence-electron chi connectivity index (χ2n) is 6.64. The first-order chi connectivity index (χ1) is 9.31. The Bertz CT molecular complexity index is 397. The number of esters is 1. The monoisotopic (exact) mass is 320 g/mol. The SMILES string of the molecule is COC(=O)[C@H]1[C@@H]2CNC[C@@H](C2)[C@H]1NC(=O)OC(C)(C)C.Cl. The third kappa shape index (κ3) is 4.23. The predicted octanol–water partition coefficient (Wildman–Crippen LogP) is 1.33. The number of piperidine rings is 1. The number of carbonyl (C=O) groups is 2. The largest absolute Gasteiger partial charge is 0.469 e. The number of fused-ring (bicyclic) bond motifs is 2. The fraction of sp³-hybridized carbons (Fsp3) is 0.857. The van der Waals surface area contributed by atoms with E-state index in [4.69, 9.17) is 9.47 Å². The zero-order valence-corrected chi connectivity index (χ0v) is 13.8. The summed E-state index contributed by atoms with van der Waals surface area (Å²) >= 11 is 0. The van der Waals surface area contributed by atoms with Crippen molar-refractivity contribution in [2.45, 2.75) is 38.8 Å². The zero-order valence-electron chi connectivity index (χ0n) is 13.0. The Balaban J connectivity index is 0.00000220. The van der Waals surface area contributed by atoms with E-state index in [0.29, 0.717) is 0 Å². The first-order valence-corrected chi connectivity index (χ1v) is 7.10. The summed E-state index contributed by atoms with van der Waals surface area (Å²) in [4.78, 5) is 23.9. The molecule has 2 fully saturated rings. The molecule has 4 atom stereocenters. The summed E-state index contributed by atoms with van der Waals surface area (Å²) in [5, 5.41) is 6.18. The molecule has 21 heavy (non-hydrogen) atoms. The van der Waals surface area contributed by atoms with Gasteiger partial charge in [0, 0.05) is 6.04 Å². The number of amides is 1. The van der Waals surface area contributed by atoms with Gasteiger partial charge in [-0.05, 0) is 52.1 Å². The van der Waals surface area contributed by atoms with Crippen LogP contribution in [0.1, 0.15) is 27.2 Å². The van der Waals surface area contributed by atoms with Gasteiger partial charge in [-0.15, -0.1) is 12.4 Å². The van der Waals surface area contributed by atoms with Gasteiger partial charge in [-0.2, -0.15) is 0 Å². The zero-order chi connectivity index (χ0) is 14.9. The standard InChI is InChI=1S/C14H24N2O4.ClH/c1-14(2,3)20-13(18)16-11-9-5-8(6-15-7-9)10(11)12(17)19-4;/h8-11,15H,5-7H2,1-4H3,(H,16,18);1H/t8-,9+,10-,11+;/m0./s1. The number of alkyl carbamates (subject to hydrolysis) is 1. The van der Waals surface area contributed by atoms with Crippen molar-refractivity contribution >= 4 is 24.5 Å². The second kappa shape index (κ2) is 6.83. The lowest BCUT2D eigenvalue weighted by Gasteiger charge is -2.26. The maximum absolute atomic E-state index is 12.0. The number of ether oxygens (including phenoxy) is 2. The lowest BCUT2D eigenvalue weighted by atomic mass is 9.94. The number of hydrogen-bond acceptors (Lipinski definition) is 5. The number of nitrogens with one attached hydrogen (secondary N) is 2. The minimum atomic E-state index is -0.545. The first kappa shape index (κ1) is 18.0. The molecule has 122 valence electrons. The van der Waals surface area contributed by atoms with Crippen LogP contribution >= 0.6 is 12.4 Å². The van der Waals surface area contributed by atoms with E-state index < -0.39 is 11.7 Å². The van der Waals surface area contributed by atoms with Crippen molar-refractivity contribution in [3.63, 3.8) is 0 Å². The molecule has 1 heterocycles. The molecule has 0 unspecified atom stereocenters. The van der Waals surface area contributed by atoms with Crippen LogP contribution in [0.25, 0.3) is 0 Å². The highest BCUT2D eigenvalue weighted by Crippen LogP contribution is 2.39. The number of methoxy groups -OCH3 is 1. The summed E-state index contributed by atoms with van der Waals surface area (Å²) < 4.78 is 10.2. The van der Waals surface area contributed by atoms with Crippen LogP contribution in [0.5, 0.6) is 0 Å². The molecule has 0 aromatic carbocycles. The highest BCUT2D eigenvalue weighted by atomic mass is 35.5. The molecule has 0 aromatic rings. The molecular weight excluding hydrogens is 296 g/mol. The molecule has 1 aliphatic heterocycles. The van der Waals surface area contributed by atoms with E-state index >= 15 is 0 Å². The van der Waals surface area contributed by atoms with Gasteiger partial charge in [-0.3, -0.25) is 4.79 Å². The Hall–Kier alpha value is -1.01. The van der Waals surface area contributed by atoms with Crippen LogP contribution < -0.4 is 10.6 Å². The number of hydrogen-bond donors (Lipinski definition) is 2. The summed E-state index contributed by atoms with van der Waals surface area (Å²) in [6, 6.07) is -0.211. The highest BCUT2D eigenvalue weighted by molar-refractivity contribution is 5.85. The van der Waals surface area contributed by atoms with Gasteiger partial charge in [0.05, 0.1) is 13.0 Å². The second-order valence-corrected chi connectivity index (χ2v) is 6.64. The molecule has 2 N–H and O–H groups in total.